The minimum absolute atomic E-state index is 1.26. The van der Waals surface area contributed by atoms with Crippen LogP contribution in [0.4, 0.5) is 11.4 Å². The molecule has 0 unspecified atom stereocenters. The molecule has 2 fully saturated rings. The zero-order valence-electron chi connectivity index (χ0n) is 21.8. The summed E-state index contributed by atoms with van der Waals surface area (Å²) in [4.78, 5) is 0. The van der Waals surface area contributed by atoms with E-state index in [9.17, 15) is 0 Å². The summed E-state index contributed by atoms with van der Waals surface area (Å²) in [6.45, 7) is 8.13. The lowest BCUT2D eigenvalue weighted by Crippen LogP contribution is -2.47. The van der Waals surface area contributed by atoms with Gasteiger partial charge in [0.1, 0.15) is 11.4 Å². The van der Waals surface area contributed by atoms with E-state index in [4.69, 9.17) is 0 Å². The summed E-state index contributed by atoms with van der Waals surface area (Å²) in [7, 11) is 0. The van der Waals surface area contributed by atoms with Gasteiger partial charge >= 0.3 is 0 Å². The Balaban J connectivity index is 1.02. The first kappa shape index (κ1) is 25.5. The average molecular weight is 463 g/mol. The highest BCUT2D eigenvalue weighted by Gasteiger charge is 2.34. The first-order chi connectivity index (χ1) is 16.8. The number of hydrogen-bond donors (Lipinski definition) is 0. The number of nitrogens with zero attached hydrogens (tertiary/aromatic N) is 2. The molecule has 4 rings (SSSR count). The molecular formula is C32H50N2+2. The van der Waals surface area contributed by atoms with Crippen molar-refractivity contribution in [2.24, 2.45) is 0 Å². The van der Waals surface area contributed by atoms with E-state index in [2.05, 4.69) is 60.7 Å². The number of likely N-dealkylation sites (tertiary alicyclic amines) is 2. The first-order valence-electron chi connectivity index (χ1n) is 14.7. The Morgan fingerprint density at radius 3 is 1.00 bits per heavy atom. The molecule has 2 aromatic rings. The van der Waals surface area contributed by atoms with Crippen LogP contribution in [-0.4, -0.2) is 39.3 Å². The monoisotopic (exact) mass is 462 g/mol. The molecular weight excluding hydrogens is 412 g/mol. The van der Waals surface area contributed by atoms with Gasteiger partial charge in [-0.25, -0.2) is 0 Å². The fourth-order valence-electron chi connectivity index (χ4n) is 6.83. The van der Waals surface area contributed by atoms with Crippen molar-refractivity contribution < 1.29 is 0 Å². The van der Waals surface area contributed by atoms with Gasteiger partial charge in [0.15, 0.2) is 0 Å². The molecule has 0 N–H and O–H groups in total. The summed E-state index contributed by atoms with van der Waals surface area (Å²) in [6.07, 6.45) is 19.9. The van der Waals surface area contributed by atoms with Crippen LogP contribution in [0.15, 0.2) is 60.7 Å². The summed E-state index contributed by atoms with van der Waals surface area (Å²) in [5.41, 5.74) is 3.11. The molecule has 0 aliphatic carbocycles. The predicted molar refractivity (Wildman–Crippen MR) is 150 cm³/mol. The highest BCUT2D eigenvalue weighted by atomic mass is 15.4. The molecule has 2 aromatic carbocycles. The molecule has 0 aromatic heterocycles. The highest BCUT2D eigenvalue weighted by Crippen LogP contribution is 2.31. The largest absolute Gasteiger partial charge is 0.291 e. The maximum Gasteiger partial charge on any atom is 0.132 e. The van der Waals surface area contributed by atoms with Crippen molar-refractivity contribution >= 4 is 11.4 Å². The molecule has 186 valence electrons. The van der Waals surface area contributed by atoms with E-state index in [1.165, 1.54) is 138 Å². The van der Waals surface area contributed by atoms with E-state index in [1.807, 2.05) is 0 Å². The van der Waals surface area contributed by atoms with Gasteiger partial charge in [-0.05, 0) is 49.9 Å². The summed E-state index contributed by atoms with van der Waals surface area (Å²) in [6, 6.07) is 22.7. The van der Waals surface area contributed by atoms with Crippen molar-refractivity contribution in [3.63, 3.8) is 0 Å². The van der Waals surface area contributed by atoms with Crippen molar-refractivity contribution in [3.8, 4) is 0 Å². The van der Waals surface area contributed by atoms with E-state index in [0.717, 1.165) is 0 Å². The molecule has 2 nitrogen and oxygen atoms in total. The zero-order chi connectivity index (χ0) is 23.4. The Kier molecular flexibility index (Phi) is 10.1. The van der Waals surface area contributed by atoms with Crippen LogP contribution >= 0.6 is 0 Å². The number of quaternary nitrogens is 2. The molecule has 2 heteroatoms. The first-order valence-corrected chi connectivity index (χ1v) is 14.7. The molecule has 34 heavy (non-hydrogen) atoms. The Labute approximate surface area is 210 Å². The third-order valence-corrected chi connectivity index (χ3v) is 8.87. The van der Waals surface area contributed by atoms with Crippen molar-refractivity contribution in [1.29, 1.82) is 0 Å². The van der Waals surface area contributed by atoms with Crippen LogP contribution < -0.4 is 8.97 Å². The van der Waals surface area contributed by atoms with Crippen LogP contribution in [0, 0.1) is 0 Å². The summed E-state index contributed by atoms with van der Waals surface area (Å²) in [5.74, 6) is 0. The van der Waals surface area contributed by atoms with Crippen molar-refractivity contribution in [1.82, 2.24) is 8.97 Å². The number of benzene rings is 2. The third-order valence-electron chi connectivity index (χ3n) is 8.87. The average Bonchev–Trinajstić information content (AvgIpc) is 3.57. The van der Waals surface area contributed by atoms with Crippen molar-refractivity contribution in [2.45, 2.75) is 89.9 Å². The van der Waals surface area contributed by atoms with E-state index in [-0.39, 0.29) is 0 Å². The van der Waals surface area contributed by atoms with Gasteiger partial charge in [0.2, 0.25) is 0 Å². The lowest BCUT2D eigenvalue weighted by molar-refractivity contribution is 0.321. The Hall–Kier alpha value is -1.64. The van der Waals surface area contributed by atoms with Gasteiger partial charge in [-0.15, -0.1) is 0 Å². The van der Waals surface area contributed by atoms with Gasteiger partial charge in [0, 0.05) is 25.7 Å². The molecule has 2 aliphatic heterocycles. The highest BCUT2D eigenvalue weighted by molar-refractivity contribution is 5.44. The fourth-order valence-corrected chi connectivity index (χ4v) is 6.83. The van der Waals surface area contributed by atoms with Gasteiger partial charge in [0.25, 0.3) is 0 Å². The van der Waals surface area contributed by atoms with Crippen LogP contribution in [-0.2, 0) is 0 Å². The summed E-state index contributed by atoms with van der Waals surface area (Å²) >= 11 is 0. The van der Waals surface area contributed by atoms with E-state index >= 15 is 0 Å². The smallest absolute Gasteiger partial charge is 0.132 e. The summed E-state index contributed by atoms with van der Waals surface area (Å²) < 4.78 is 2.51. The lowest BCUT2D eigenvalue weighted by atomic mass is 10.1. The van der Waals surface area contributed by atoms with Crippen molar-refractivity contribution in [2.75, 3.05) is 39.3 Å². The standard InChI is InChI=1S/C32H50N2/c1(3-5-7-15-25-33(27-17-18-28-33)31-21-11-9-12-22-31)2-4-6-8-16-26-34(29-19-20-30-34)32-23-13-10-14-24-32/h9-14,21-24H,1-8,15-20,25-30H2/q+2. The molecule has 2 heterocycles. The van der Waals surface area contributed by atoms with Gasteiger partial charge in [-0.1, -0.05) is 74.9 Å². The Morgan fingerprint density at radius 2 is 0.676 bits per heavy atom. The van der Waals surface area contributed by atoms with Gasteiger partial charge < -0.3 is 0 Å². The molecule has 0 radical (unpaired) electrons. The lowest BCUT2D eigenvalue weighted by Gasteiger charge is -2.34. The minimum Gasteiger partial charge on any atom is -0.291 e. The second-order valence-electron chi connectivity index (χ2n) is 11.3. The van der Waals surface area contributed by atoms with Gasteiger partial charge in [-0.2, -0.15) is 0 Å². The molecule has 0 bridgehead atoms. The molecule has 0 spiro atoms. The van der Waals surface area contributed by atoms with Crippen LogP contribution in [0.5, 0.6) is 0 Å². The van der Waals surface area contributed by atoms with Crippen LogP contribution in [0.2, 0.25) is 0 Å². The van der Waals surface area contributed by atoms with Crippen molar-refractivity contribution in [3.05, 3.63) is 60.7 Å². The summed E-state index contributed by atoms with van der Waals surface area (Å²) in [5, 5.41) is 0. The Bertz CT molecular complexity index is 719. The quantitative estimate of drug-likeness (QED) is 0.184. The maximum atomic E-state index is 2.36. The molecule has 2 saturated heterocycles. The minimum atomic E-state index is 1.26. The molecule has 0 atom stereocenters. The second-order valence-corrected chi connectivity index (χ2v) is 11.3. The van der Waals surface area contributed by atoms with Crippen LogP contribution in [0.25, 0.3) is 0 Å². The van der Waals surface area contributed by atoms with E-state index < -0.39 is 0 Å². The van der Waals surface area contributed by atoms with Crippen LogP contribution in [0.1, 0.15) is 89.9 Å². The third kappa shape index (κ3) is 6.95. The Morgan fingerprint density at radius 1 is 0.382 bits per heavy atom. The number of para-hydroxylation sites is 2. The number of unbranched alkanes of at least 4 members (excludes halogenated alkanes) is 9. The topological polar surface area (TPSA) is 0 Å². The zero-order valence-corrected chi connectivity index (χ0v) is 21.8. The van der Waals surface area contributed by atoms with E-state index in [0.29, 0.717) is 0 Å². The van der Waals surface area contributed by atoms with Gasteiger partial charge in [0.05, 0.1) is 39.3 Å². The van der Waals surface area contributed by atoms with Gasteiger partial charge in [-0.3, -0.25) is 8.97 Å². The molecule has 2 aliphatic rings. The number of hydrogen-bond acceptors (Lipinski definition) is 0. The second kappa shape index (κ2) is 13.4. The maximum absolute atomic E-state index is 2.36. The van der Waals surface area contributed by atoms with Crippen LogP contribution in [0.3, 0.4) is 0 Å². The molecule has 0 saturated carbocycles. The normalized spacial score (nSPS) is 18.9. The van der Waals surface area contributed by atoms with E-state index in [1.54, 1.807) is 11.4 Å². The molecule has 0 amide bonds. The fraction of sp³-hybridized carbons (Fsp3) is 0.625. The number of rotatable bonds is 15. The SMILES string of the molecule is c1ccc([N+]2(CCCCCCCCCCCC[N+]3(c4ccccc4)CCCC3)CCCC2)cc1. The predicted octanol–water partition coefficient (Wildman–Crippen LogP) is 8.49.